The molecule has 194 valence electrons. The monoisotopic (exact) mass is 529 g/mol. The first-order chi connectivity index (χ1) is 18.4. The molecular formula is C30H28FN3O3S. The predicted molar refractivity (Wildman–Crippen MR) is 147 cm³/mol. The molecule has 0 N–H and O–H groups in total. The van der Waals surface area contributed by atoms with Crippen LogP contribution in [0.2, 0.25) is 0 Å². The SMILES string of the molecule is CC(c1ccccc1)N1CCN(C(=O)c2ccc(/C=C3\SC(=O)N(Cc4ccc(F)cc4)C3=O)cc2)CC1. The molecule has 0 aromatic heterocycles. The summed E-state index contributed by atoms with van der Waals surface area (Å²) in [5.41, 5.74) is 3.27. The Kier molecular flexibility index (Phi) is 7.72. The second kappa shape index (κ2) is 11.3. The highest BCUT2D eigenvalue weighted by Gasteiger charge is 2.35. The lowest BCUT2D eigenvalue weighted by Gasteiger charge is -2.38. The van der Waals surface area contributed by atoms with Crippen LogP contribution >= 0.6 is 11.8 Å². The molecular weight excluding hydrogens is 501 g/mol. The number of carbonyl (C=O) groups is 3. The number of benzene rings is 3. The number of nitrogens with zero attached hydrogens (tertiary/aromatic N) is 3. The number of amides is 3. The van der Waals surface area contributed by atoms with Crippen molar-refractivity contribution in [2.24, 2.45) is 0 Å². The van der Waals surface area contributed by atoms with Gasteiger partial charge in [-0.2, -0.15) is 0 Å². The van der Waals surface area contributed by atoms with Crippen molar-refractivity contribution < 1.29 is 18.8 Å². The van der Waals surface area contributed by atoms with E-state index in [4.69, 9.17) is 0 Å². The molecule has 0 spiro atoms. The molecule has 2 aliphatic rings. The van der Waals surface area contributed by atoms with Crippen molar-refractivity contribution in [3.05, 3.63) is 112 Å². The number of carbonyl (C=O) groups excluding carboxylic acids is 3. The summed E-state index contributed by atoms with van der Waals surface area (Å²) in [6.07, 6.45) is 1.66. The largest absolute Gasteiger partial charge is 0.336 e. The number of hydrogen-bond donors (Lipinski definition) is 0. The van der Waals surface area contributed by atoms with Gasteiger partial charge in [-0.15, -0.1) is 0 Å². The van der Waals surface area contributed by atoms with Crippen molar-refractivity contribution >= 4 is 34.9 Å². The van der Waals surface area contributed by atoms with E-state index in [0.29, 0.717) is 35.2 Å². The number of thioether (sulfide) groups is 1. The minimum atomic E-state index is -0.382. The van der Waals surface area contributed by atoms with Gasteiger partial charge in [0.2, 0.25) is 0 Å². The Labute approximate surface area is 225 Å². The van der Waals surface area contributed by atoms with Crippen LogP contribution in [0.1, 0.15) is 40.0 Å². The summed E-state index contributed by atoms with van der Waals surface area (Å²) in [6, 6.07) is 23.5. The first-order valence-electron chi connectivity index (χ1n) is 12.6. The molecule has 2 fully saturated rings. The van der Waals surface area contributed by atoms with Crippen LogP contribution in [0.15, 0.2) is 83.8 Å². The van der Waals surface area contributed by atoms with Gasteiger partial charge in [0.05, 0.1) is 11.4 Å². The summed E-state index contributed by atoms with van der Waals surface area (Å²) in [5, 5.41) is -0.363. The smallest absolute Gasteiger partial charge is 0.293 e. The fourth-order valence-corrected chi connectivity index (χ4v) is 5.56. The van der Waals surface area contributed by atoms with Gasteiger partial charge in [-0.3, -0.25) is 24.2 Å². The van der Waals surface area contributed by atoms with Crippen LogP contribution in [0.4, 0.5) is 9.18 Å². The van der Waals surface area contributed by atoms with Crippen LogP contribution in [0.3, 0.4) is 0 Å². The maximum Gasteiger partial charge on any atom is 0.293 e. The molecule has 8 heteroatoms. The van der Waals surface area contributed by atoms with Gasteiger partial charge in [0.15, 0.2) is 0 Å². The molecule has 3 aromatic carbocycles. The highest BCUT2D eigenvalue weighted by atomic mass is 32.2. The maximum atomic E-state index is 13.2. The van der Waals surface area contributed by atoms with Crippen molar-refractivity contribution in [1.82, 2.24) is 14.7 Å². The van der Waals surface area contributed by atoms with E-state index < -0.39 is 0 Å². The lowest BCUT2D eigenvalue weighted by molar-refractivity contribution is -0.123. The topological polar surface area (TPSA) is 60.9 Å². The first-order valence-corrected chi connectivity index (χ1v) is 13.4. The van der Waals surface area contributed by atoms with Crippen LogP contribution in [0, 0.1) is 5.82 Å². The van der Waals surface area contributed by atoms with Crippen LogP contribution in [0.5, 0.6) is 0 Å². The molecule has 2 heterocycles. The summed E-state index contributed by atoms with van der Waals surface area (Å²) < 4.78 is 13.2. The number of halogens is 1. The maximum absolute atomic E-state index is 13.2. The van der Waals surface area contributed by atoms with Gasteiger partial charge in [-0.05, 0) is 65.7 Å². The molecule has 38 heavy (non-hydrogen) atoms. The van der Waals surface area contributed by atoms with Crippen molar-refractivity contribution in [2.45, 2.75) is 19.5 Å². The minimum Gasteiger partial charge on any atom is -0.336 e. The number of rotatable bonds is 6. The molecule has 2 saturated heterocycles. The number of piperazine rings is 1. The fraction of sp³-hybridized carbons (Fsp3) is 0.233. The van der Waals surface area contributed by atoms with E-state index in [1.807, 2.05) is 23.1 Å². The summed E-state index contributed by atoms with van der Waals surface area (Å²) in [6.45, 7) is 5.25. The molecule has 0 bridgehead atoms. The van der Waals surface area contributed by atoms with Gasteiger partial charge in [0, 0.05) is 37.8 Å². The quantitative estimate of drug-likeness (QED) is 0.390. The van der Waals surface area contributed by atoms with Crippen LogP contribution in [-0.4, -0.2) is 57.9 Å². The average Bonchev–Trinajstić information content (AvgIpc) is 3.21. The third-order valence-corrected chi connectivity index (χ3v) is 7.92. The van der Waals surface area contributed by atoms with Crippen molar-refractivity contribution in [3.63, 3.8) is 0 Å². The molecule has 1 unspecified atom stereocenters. The Morgan fingerprint density at radius 1 is 0.921 bits per heavy atom. The van der Waals surface area contributed by atoms with E-state index in [9.17, 15) is 18.8 Å². The van der Waals surface area contributed by atoms with E-state index in [1.54, 1.807) is 42.5 Å². The fourth-order valence-electron chi connectivity index (χ4n) is 4.72. The van der Waals surface area contributed by atoms with Gasteiger partial charge >= 0.3 is 0 Å². The molecule has 5 rings (SSSR count). The average molecular weight is 530 g/mol. The zero-order chi connectivity index (χ0) is 26.6. The second-order valence-corrected chi connectivity index (χ2v) is 10.4. The van der Waals surface area contributed by atoms with Crippen LogP contribution < -0.4 is 0 Å². The van der Waals surface area contributed by atoms with Crippen molar-refractivity contribution in [1.29, 1.82) is 0 Å². The van der Waals surface area contributed by atoms with E-state index in [1.165, 1.54) is 17.7 Å². The van der Waals surface area contributed by atoms with E-state index in [0.717, 1.165) is 35.3 Å². The van der Waals surface area contributed by atoms with Gasteiger partial charge < -0.3 is 4.90 Å². The lowest BCUT2D eigenvalue weighted by Crippen LogP contribution is -2.49. The molecule has 0 aliphatic carbocycles. The molecule has 0 saturated carbocycles. The third kappa shape index (κ3) is 5.71. The summed E-state index contributed by atoms with van der Waals surface area (Å²) in [5.74, 6) is -0.764. The zero-order valence-corrected chi connectivity index (χ0v) is 21.9. The highest BCUT2D eigenvalue weighted by Crippen LogP contribution is 2.33. The van der Waals surface area contributed by atoms with Gasteiger partial charge in [-0.1, -0.05) is 54.6 Å². The molecule has 0 radical (unpaired) electrons. The molecule has 3 aromatic rings. The zero-order valence-electron chi connectivity index (χ0n) is 21.0. The Bertz CT molecular complexity index is 1350. The Morgan fingerprint density at radius 3 is 2.24 bits per heavy atom. The summed E-state index contributed by atoms with van der Waals surface area (Å²) in [7, 11) is 0. The van der Waals surface area contributed by atoms with E-state index in [-0.39, 0.29) is 29.4 Å². The van der Waals surface area contributed by atoms with E-state index >= 15 is 0 Å². The molecule has 1 atom stereocenters. The Morgan fingerprint density at radius 2 is 1.58 bits per heavy atom. The normalized spacial score (nSPS) is 18.3. The Hall–Kier alpha value is -3.75. The molecule has 6 nitrogen and oxygen atoms in total. The Balaban J connectivity index is 1.18. The lowest BCUT2D eigenvalue weighted by atomic mass is 10.1. The second-order valence-electron chi connectivity index (χ2n) is 9.43. The summed E-state index contributed by atoms with van der Waals surface area (Å²) in [4.78, 5) is 44.1. The van der Waals surface area contributed by atoms with Gasteiger partial charge in [0.1, 0.15) is 5.82 Å². The third-order valence-electron chi connectivity index (χ3n) is 7.01. The summed E-state index contributed by atoms with van der Waals surface area (Å²) >= 11 is 0.878. The number of hydrogen-bond acceptors (Lipinski definition) is 5. The van der Waals surface area contributed by atoms with E-state index in [2.05, 4.69) is 24.0 Å². The van der Waals surface area contributed by atoms with Crippen molar-refractivity contribution in [3.8, 4) is 0 Å². The van der Waals surface area contributed by atoms with Crippen LogP contribution in [0.25, 0.3) is 6.08 Å². The highest BCUT2D eigenvalue weighted by molar-refractivity contribution is 8.18. The van der Waals surface area contributed by atoms with Crippen molar-refractivity contribution in [2.75, 3.05) is 26.2 Å². The molecule has 3 amide bonds. The first kappa shape index (κ1) is 25.9. The number of imide groups is 1. The van der Waals surface area contributed by atoms with Gasteiger partial charge in [-0.25, -0.2) is 4.39 Å². The predicted octanol–water partition coefficient (Wildman–Crippen LogP) is 5.58. The standard InChI is InChI=1S/C30H28FN3O3S/c1-21(24-5-3-2-4-6-24)32-15-17-33(18-16-32)28(35)25-11-7-22(8-12-25)19-27-29(36)34(30(37)38-27)20-23-9-13-26(31)14-10-23/h2-14,19,21H,15-18,20H2,1H3/b27-19-. The van der Waals surface area contributed by atoms with Gasteiger partial charge in [0.25, 0.3) is 17.1 Å². The minimum absolute atomic E-state index is 0.0109. The van der Waals surface area contributed by atoms with Crippen LogP contribution in [-0.2, 0) is 11.3 Å². The molecule has 2 aliphatic heterocycles.